The Balaban J connectivity index is 1.89. The number of aryl methyl sites for hydroxylation is 2. The molecule has 0 saturated heterocycles. The molecule has 0 unspecified atom stereocenters. The molecule has 0 spiro atoms. The van der Waals surface area contributed by atoms with E-state index >= 15 is 0 Å². The van der Waals surface area contributed by atoms with E-state index in [9.17, 15) is 13.2 Å². The van der Waals surface area contributed by atoms with Crippen molar-refractivity contribution in [3.8, 4) is 0 Å². The van der Waals surface area contributed by atoms with Gasteiger partial charge in [0.15, 0.2) is 0 Å². The first-order chi connectivity index (χ1) is 14.7. The van der Waals surface area contributed by atoms with E-state index in [2.05, 4.69) is 4.72 Å². The number of rotatable bonds is 5. The molecule has 0 bridgehead atoms. The van der Waals surface area contributed by atoms with Crippen LogP contribution in [0.4, 0.5) is 5.69 Å². The average Bonchev–Trinajstić information content (AvgIpc) is 2.94. The summed E-state index contributed by atoms with van der Waals surface area (Å²) in [6.45, 7) is 1.67. The summed E-state index contributed by atoms with van der Waals surface area (Å²) in [5.41, 5.74) is 2.03. The number of hydrogen-bond donors (Lipinski definition) is 1. The number of aromatic nitrogens is 2. The lowest BCUT2D eigenvalue weighted by Gasteiger charge is -2.15. The molecule has 0 aliphatic heterocycles. The Bertz CT molecular complexity index is 1460. The molecular weight excluding hydrogens is 454 g/mol. The molecule has 4 aromatic rings. The molecule has 9 heteroatoms. The molecule has 4 rings (SSSR count). The lowest BCUT2D eigenvalue weighted by molar-refractivity contribution is 0.600. The van der Waals surface area contributed by atoms with E-state index in [1.807, 2.05) is 36.4 Å². The monoisotopic (exact) mass is 473 g/mol. The second-order valence-electron chi connectivity index (χ2n) is 7.12. The highest BCUT2D eigenvalue weighted by molar-refractivity contribution is 7.99. The Labute approximate surface area is 189 Å². The fraction of sp³-hybridized carbons (Fsp3) is 0.136. The Morgan fingerprint density at radius 3 is 2.26 bits per heavy atom. The number of sulfonamides is 1. The van der Waals surface area contributed by atoms with Gasteiger partial charge in [-0.1, -0.05) is 47.6 Å². The van der Waals surface area contributed by atoms with Gasteiger partial charge in [0.25, 0.3) is 10.0 Å². The van der Waals surface area contributed by atoms with Crippen LogP contribution in [-0.4, -0.2) is 17.6 Å². The summed E-state index contributed by atoms with van der Waals surface area (Å²) in [4.78, 5) is 14.2. The van der Waals surface area contributed by atoms with Crippen molar-refractivity contribution in [3.63, 3.8) is 0 Å². The van der Waals surface area contributed by atoms with Gasteiger partial charge in [0, 0.05) is 28.9 Å². The third-order valence-electron chi connectivity index (χ3n) is 5.10. The average molecular weight is 474 g/mol. The van der Waals surface area contributed by atoms with Gasteiger partial charge in [-0.15, -0.1) is 0 Å². The van der Waals surface area contributed by atoms with Gasteiger partial charge in [0.2, 0.25) is 0 Å². The summed E-state index contributed by atoms with van der Waals surface area (Å²) in [7, 11) is -0.552. The first kappa shape index (κ1) is 21.5. The maximum absolute atomic E-state index is 13.2. The van der Waals surface area contributed by atoms with Crippen molar-refractivity contribution < 1.29 is 8.42 Å². The van der Waals surface area contributed by atoms with Crippen molar-refractivity contribution in [1.82, 2.24) is 9.13 Å². The molecule has 31 heavy (non-hydrogen) atoms. The van der Waals surface area contributed by atoms with Crippen LogP contribution in [-0.2, 0) is 24.1 Å². The van der Waals surface area contributed by atoms with Gasteiger partial charge in [-0.2, -0.15) is 0 Å². The van der Waals surface area contributed by atoms with Crippen molar-refractivity contribution >= 4 is 50.1 Å². The summed E-state index contributed by atoms with van der Waals surface area (Å²) in [6, 6.07) is 17.9. The summed E-state index contributed by atoms with van der Waals surface area (Å²) in [5.74, 6) is 0. The molecule has 0 radical (unpaired) electrons. The molecule has 1 N–H and O–H groups in total. The lowest BCUT2D eigenvalue weighted by atomic mass is 10.2. The van der Waals surface area contributed by atoms with Crippen LogP contribution >= 0.6 is 23.4 Å². The van der Waals surface area contributed by atoms with E-state index < -0.39 is 10.0 Å². The molecular formula is C22H20ClN3O3S2. The van der Waals surface area contributed by atoms with Gasteiger partial charge >= 0.3 is 5.69 Å². The van der Waals surface area contributed by atoms with Crippen molar-refractivity contribution in [1.29, 1.82) is 0 Å². The number of nitrogens with one attached hydrogen (secondary N) is 1. The quantitative estimate of drug-likeness (QED) is 0.452. The number of nitrogens with zero attached hydrogens (tertiary/aromatic N) is 2. The maximum Gasteiger partial charge on any atom is 0.328 e. The number of halogens is 1. The second kappa shape index (κ2) is 8.11. The summed E-state index contributed by atoms with van der Waals surface area (Å²) in [5, 5.41) is 0.377. The van der Waals surface area contributed by atoms with Crippen molar-refractivity contribution in [3.05, 3.63) is 81.7 Å². The summed E-state index contributed by atoms with van der Waals surface area (Å²) < 4.78 is 32.2. The lowest BCUT2D eigenvalue weighted by Crippen LogP contribution is -2.19. The fourth-order valence-electron chi connectivity index (χ4n) is 3.38. The number of fused-ring (bicyclic) bond motifs is 1. The third kappa shape index (κ3) is 3.98. The summed E-state index contributed by atoms with van der Waals surface area (Å²) in [6.07, 6.45) is 0. The minimum atomic E-state index is -3.91. The van der Waals surface area contributed by atoms with Crippen LogP contribution < -0.4 is 10.4 Å². The van der Waals surface area contributed by atoms with Gasteiger partial charge in [0.1, 0.15) is 0 Å². The van der Waals surface area contributed by atoms with Gasteiger partial charge < -0.3 is 0 Å². The van der Waals surface area contributed by atoms with Crippen molar-refractivity contribution in [2.75, 3.05) is 4.72 Å². The van der Waals surface area contributed by atoms with Crippen LogP contribution in [0.25, 0.3) is 11.0 Å². The van der Waals surface area contributed by atoms with Crippen LogP contribution in [0, 0.1) is 6.92 Å². The molecule has 160 valence electrons. The van der Waals surface area contributed by atoms with E-state index in [4.69, 9.17) is 11.6 Å². The molecule has 0 saturated carbocycles. The van der Waals surface area contributed by atoms with Crippen LogP contribution in [0.2, 0.25) is 5.02 Å². The molecule has 0 aliphatic rings. The normalized spacial score (nSPS) is 11.7. The fourth-order valence-corrected chi connectivity index (χ4v) is 5.96. The SMILES string of the molecule is Cc1c(Cl)cccc1S(=O)(=O)Nc1cc2c(cc1Sc1ccccc1)n(C)c(=O)n2C. The van der Waals surface area contributed by atoms with E-state index in [1.165, 1.54) is 22.4 Å². The molecule has 0 amide bonds. The summed E-state index contributed by atoms with van der Waals surface area (Å²) >= 11 is 7.56. The van der Waals surface area contributed by atoms with E-state index in [0.717, 1.165) is 4.90 Å². The van der Waals surface area contributed by atoms with E-state index in [-0.39, 0.29) is 10.6 Å². The Morgan fingerprint density at radius 2 is 1.58 bits per heavy atom. The van der Waals surface area contributed by atoms with E-state index in [0.29, 0.717) is 32.2 Å². The van der Waals surface area contributed by atoms with Crippen molar-refractivity contribution in [2.45, 2.75) is 21.6 Å². The second-order valence-corrected chi connectivity index (χ2v) is 10.3. The molecule has 0 fully saturated rings. The van der Waals surface area contributed by atoms with Gasteiger partial charge in [-0.25, -0.2) is 13.2 Å². The number of imidazole rings is 1. The topological polar surface area (TPSA) is 73.1 Å². The minimum absolute atomic E-state index is 0.109. The number of benzene rings is 3. The molecule has 0 aliphatic carbocycles. The predicted octanol–water partition coefficient (Wildman–Crippen LogP) is 4.79. The van der Waals surface area contributed by atoms with Crippen LogP contribution in [0.15, 0.2) is 80.1 Å². The maximum atomic E-state index is 13.2. The molecule has 1 aromatic heterocycles. The zero-order valence-corrected chi connectivity index (χ0v) is 19.5. The Morgan fingerprint density at radius 1 is 0.935 bits per heavy atom. The van der Waals surface area contributed by atoms with Gasteiger partial charge in [-0.3, -0.25) is 13.9 Å². The van der Waals surface area contributed by atoms with Gasteiger partial charge in [0.05, 0.1) is 21.6 Å². The van der Waals surface area contributed by atoms with E-state index in [1.54, 1.807) is 43.8 Å². The zero-order chi connectivity index (χ0) is 22.3. The molecule has 0 atom stereocenters. The highest BCUT2D eigenvalue weighted by Crippen LogP contribution is 2.37. The minimum Gasteiger partial charge on any atom is -0.295 e. The molecule has 6 nitrogen and oxygen atoms in total. The van der Waals surface area contributed by atoms with Crippen molar-refractivity contribution in [2.24, 2.45) is 14.1 Å². The predicted molar refractivity (Wildman–Crippen MR) is 126 cm³/mol. The largest absolute Gasteiger partial charge is 0.328 e. The molecule has 1 heterocycles. The first-order valence-corrected chi connectivity index (χ1v) is 12.1. The standard InChI is InChI=1S/C22H20ClN3O3S2/c1-14-16(23)10-7-11-21(14)31(28,29)24-17-12-18-19(26(3)22(27)25(18)2)13-20(17)30-15-8-5-4-6-9-15/h4-13,24H,1-3H3. The first-order valence-electron chi connectivity index (χ1n) is 9.39. The van der Waals surface area contributed by atoms with Crippen LogP contribution in [0.3, 0.4) is 0 Å². The number of hydrogen-bond acceptors (Lipinski definition) is 4. The zero-order valence-electron chi connectivity index (χ0n) is 17.1. The van der Waals surface area contributed by atoms with Crippen LogP contribution in [0.5, 0.6) is 0 Å². The smallest absolute Gasteiger partial charge is 0.295 e. The third-order valence-corrected chi connectivity index (χ3v) is 8.08. The Kier molecular flexibility index (Phi) is 5.63. The van der Waals surface area contributed by atoms with Gasteiger partial charge in [-0.05, 0) is 48.9 Å². The number of anilines is 1. The molecule has 3 aromatic carbocycles. The Hall–Kier alpha value is -2.68. The van der Waals surface area contributed by atoms with Crippen LogP contribution in [0.1, 0.15) is 5.56 Å². The highest BCUT2D eigenvalue weighted by atomic mass is 35.5. The highest BCUT2D eigenvalue weighted by Gasteiger charge is 2.22.